The van der Waals surface area contributed by atoms with Crippen LogP contribution in [0.3, 0.4) is 0 Å². The van der Waals surface area contributed by atoms with Crippen molar-refractivity contribution in [1.29, 1.82) is 0 Å². The molecule has 0 radical (unpaired) electrons. The first-order valence-corrected chi connectivity index (χ1v) is 6.96. The maximum atomic E-state index is 11.5. The number of nitrogens with two attached hydrogens (primary N) is 1. The number of aromatic nitrogens is 2. The van der Waals surface area contributed by atoms with E-state index in [4.69, 9.17) is 10.5 Å². The van der Waals surface area contributed by atoms with Crippen LogP contribution >= 0.6 is 0 Å². The lowest BCUT2D eigenvalue weighted by Crippen LogP contribution is -2.19. The van der Waals surface area contributed by atoms with Gasteiger partial charge in [0.2, 0.25) is 0 Å². The van der Waals surface area contributed by atoms with E-state index in [1.54, 1.807) is 6.07 Å². The number of carbonyl (C=O) groups excluding carboxylic acids is 1. The fourth-order valence-electron chi connectivity index (χ4n) is 2.66. The van der Waals surface area contributed by atoms with Gasteiger partial charge in [-0.25, -0.2) is 4.98 Å². The number of carbonyl (C=O) groups is 1. The Balaban J connectivity index is 2.01. The summed E-state index contributed by atoms with van der Waals surface area (Å²) in [5, 5.41) is 1.99. The zero-order chi connectivity index (χ0) is 15.1. The first-order valence-electron chi connectivity index (χ1n) is 6.96. The van der Waals surface area contributed by atoms with Crippen LogP contribution in [0.15, 0.2) is 54.9 Å². The van der Waals surface area contributed by atoms with Crippen LogP contribution in [0.5, 0.6) is 5.75 Å². The summed E-state index contributed by atoms with van der Waals surface area (Å²) >= 11 is 0. The van der Waals surface area contributed by atoms with Crippen LogP contribution in [-0.4, -0.2) is 21.9 Å². The number of hydrogen-bond acceptors (Lipinski definition) is 4. The highest BCUT2D eigenvalue weighted by atomic mass is 16.5. The maximum Gasteiger partial charge on any atom is 0.325 e. The number of ether oxygens (including phenoxy) is 1. The Kier molecular flexibility index (Phi) is 2.80. The van der Waals surface area contributed by atoms with Gasteiger partial charge in [-0.3, -0.25) is 4.79 Å². The number of benzene rings is 1. The maximum absolute atomic E-state index is 11.5. The number of esters is 1. The molecular weight excluding hydrogens is 278 g/mol. The molecular formula is C17H13N3O2. The van der Waals surface area contributed by atoms with Crippen molar-refractivity contribution in [2.75, 3.05) is 6.54 Å². The van der Waals surface area contributed by atoms with Gasteiger partial charge in [0, 0.05) is 23.2 Å². The van der Waals surface area contributed by atoms with Gasteiger partial charge in [-0.05, 0) is 24.3 Å². The first kappa shape index (κ1) is 12.8. The van der Waals surface area contributed by atoms with Crippen molar-refractivity contribution in [1.82, 2.24) is 9.38 Å². The van der Waals surface area contributed by atoms with Gasteiger partial charge in [0.15, 0.2) is 5.75 Å². The van der Waals surface area contributed by atoms with E-state index in [-0.39, 0.29) is 6.54 Å². The van der Waals surface area contributed by atoms with Crippen molar-refractivity contribution in [3.05, 3.63) is 54.9 Å². The van der Waals surface area contributed by atoms with Gasteiger partial charge in [-0.15, -0.1) is 0 Å². The van der Waals surface area contributed by atoms with E-state index in [1.807, 2.05) is 47.1 Å². The minimum atomic E-state index is -0.476. The molecule has 0 aliphatic rings. The summed E-state index contributed by atoms with van der Waals surface area (Å²) in [5.41, 5.74) is 7.92. The molecule has 3 heterocycles. The number of hydrogen-bond donors (Lipinski definition) is 1. The molecule has 4 aromatic rings. The summed E-state index contributed by atoms with van der Waals surface area (Å²) < 4.78 is 7.30. The second-order valence-corrected chi connectivity index (χ2v) is 5.05. The zero-order valence-corrected chi connectivity index (χ0v) is 11.7. The second kappa shape index (κ2) is 4.82. The van der Waals surface area contributed by atoms with Crippen molar-refractivity contribution in [2.45, 2.75) is 0 Å². The van der Waals surface area contributed by atoms with E-state index in [0.717, 1.165) is 21.8 Å². The molecule has 0 spiro atoms. The van der Waals surface area contributed by atoms with Crippen LogP contribution < -0.4 is 10.5 Å². The normalized spacial score (nSPS) is 11.3. The van der Waals surface area contributed by atoms with E-state index in [9.17, 15) is 4.79 Å². The average molecular weight is 291 g/mol. The van der Waals surface area contributed by atoms with Crippen molar-refractivity contribution >= 4 is 33.3 Å². The highest BCUT2D eigenvalue weighted by Gasteiger charge is 2.11. The lowest BCUT2D eigenvalue weighted by molar-refractivity contribution is -0.132. The highest BCUT2D eigenvalue weighted by Crippen LogP contribution is 2.29. The first-order chi connectivity index (χ1) is 10.8. The molecule has 0 bridgehead atoms. The number of pyridine rings is 2. The molecule has 0 saturated carbocycles. The van der Waals surface area contributed by atoms with Gasteiger partial charge in [0.1, 0.15) is 5.52 Å². The zero-order valence-electron chi connectivity index (χ0n) is 11.7. The Labute approximate surface area is 125 Å². The molecule has 0 fully saturated rings. The van der Waals surface area contributed by atoms with E-state index in [1.165, 1.54) is 0 Å². The summed E-state index contributed by atoms with van der Waals surface area (Å²) in [6.07, 6.45) is 3.95. The molecule has 0 aliphatic carbocycles. The molecule has 108 valence electrons. The third kappa shape index (κ3) is 1.91. The van der Waals surface area contributed by atoms with Crippen LogP contribution in [0.1, 0.15) is 0 Å². The summed E-state index contributed by atoms with van der Waals surface area (Å²) in [7, 11) is 0. The quantitative estimate of drug-likeness (QED) is 0.455. The molecule has 4 rings (SSSR count). The minimum absolute atomic E-state index is 0.158. The third-order valence-electron chi connectivity index (χ3n) is 3.66. The van der Waals surface area contributed by atoms with E-state index < -0.39 is 5.97 Å². The Morgan fingerprint density at radius 2 is 2.14 bits per heavy atom. The smallest absolute Gasteiger partial charge is 0.325 e. The molecule has 5 heteroatoms. The van der Waals surface area contributed by atoms with Crippen LogP contribution in [-0.2, 0) is 4.79 Å². The van der Waals surface area contributed by atoms with E-state index >= 15 is 0 Å². The number of rotatable bonds is 2. The molecule has 0 unspecified atom stereocenters. The number of para-hydroxylation sites is 1. The summed E-state index contributed by atoms with van der Waals surface area (Å²) in [4.78, 5) is 16.1. The van der Waals surface area contributed by atoms with Gasteiger partial charge in [0.05, 0.1) is 17.6 Å². The lowest BCUT2D eigenvalue weighted by atomic mass is 10.1. The summed E-state index contributed by atoms with van der Waals surface area (Å²) in [6, 6.07) is 13.6. The Hall–Kier alpha value is -2.92. The Morgan fingerprint density at radius 1 is 1.23 bits per heavy atom. The predicted octanol–water partition coefficient (Wildman–Crippen LogP) is 2.50. The van der Waals surface area contributed by atoms with Crippen LogP contribution in [0.4, 0.5) is 0 Å². The average Bonchev–Trinajstić information content (AvgIpc) is 2.91. The fourth-order valence-corrected chi connectivity index (χ4v) is 2.66. The summed E-state index contributed by atoms with van der Waals surface area (Å²) in [5.74, 6) is -0.0402. The molecule has 5 nitrogen and oxygen atoms in total. The SMILES string of the molecule is NCC(=O)Oc1cccc2cc3c(cn4ccccc34)nc12. The highest BCUT2D eigenvalue weighted by molar-refractivity contribution is 6.03. The van der Waals surface area contributed by atoms with Crippen LogP contribution in [0.2, 0.25) is 0 Å². The molecule has 3 aromatic heterocycles. The van der Waals surface area contributed by atoms with Crippen molar-refractivity contribution in [3.8, 4) is 5.75 Å². The second-order valence-electron chi connectivity index (χ2n) is 5.05. The van der Waals surface area contributed by atoms with Crippen molar-refractivity contribution < 1.29 is 9.53 Å². The van der Waals surface area contributed by atoms with Gasteiger partial charge < -0.3 is 14.9 Å². The molecule has 1 aromatic carbocycles. The topological polar surface area (TPSA) is 69.6 Å². The fraction of sp³-hybridized carbons (Fsp3) is 0.0588. The molecule has 0 atom stereocenters. The third-order valence-corrected chi connectivity index (χ3v) is 3.66. The predicted molar refractivity (Wildman–Crippen MR) is 84.9 cm³/mol. The van der Waals surface area contributed by atoms with Gasteiger partial charge >= 0.3 is 5.97 Å². The largest absolute Gasteiger partial charge is 0.423 e. The number of fused-ring (bicyclic) bond motifs is 4. The monoisotopic (exact) mass is 291 g/mol. The molecule has 0 saturated heterocycles. The van der Waals surface area contributed by atoms with E-state index in [2.05, 4.69) is 11.1 Å². The Morgan fingerprint density at radius 3 is 3.00 bits per heavy atom. The van der Waals surface area contributed by atoms with Gasteiger partial charge in [0.25, 0.3) is 0 Å². The lowest BCUT2D eigenvalue weighted by Gasteiger charge is -2.06. The molecule has 0 amide bonds. The van der Waals surface area contributed by atoms with Crippen molar-refractivity contribution in [2.24, 2.45) is 5.73 Å². The van der Waals surface area contributed by atoms with Crippen molar-refractivity contribution in [3.63, 3.8) is 0 Å². The van der Waals surface area contributed by atoms with Crippen LogP contribution in [0, 0.1) is 0 Å². The van der Waals surface area contributed by atoms with Gasteiger partial charge in [-0.2, -0.15) is 0 Å². The Bertz CT molecular complexity index is 1020. The molecule has 0 aliphatic heterocycles. The molecule has 22 heavy (non-hydrogen) atoms. The number of nitrogens with zero attached hydrogens (tertiary/aromatic N) is 2. The van der Waals surface area contributed by atoms with Gasteiger partial charge in [-0.1, -0.05) is 18.2 Å². The molecule has 2 N–H and O–H groups in total. The van der Waals surface area contributed by atoms with E-state index in [0.29, 0.717) is 11.3 Å². The van der Waals surface area contributed by atoms with Crippen LogP contribution in [0.25, 0.3) is 27.3 Å². The standard InChI is InChI=1S/C17H13N3O2/c18-9-16(21)22-15-6-3-4-11-8-12-13(19-17(11)15)10-20-7-2-1-5-14(12)20/h1-8,10H,9,18H2. The summed E-state index contributed by atoms with van der Waals surface area (Å²) in [6.45, 7) is -0.158. The minimum Gasteiger partial charge on any atom is -0.423 e.